The minimum Gasteiger partial charge on any atom is -0.384 e. The highest BCUT2D eigenvalue weighted by molar-refractivity contribution is 9.10. The highest BCUT2D eigenvalue weighted by Gasteiger charge is 2.30. The van der Waals surface area contributed by atoms with E-state index in [1.165, 1.54) is 0 Å². The van der Waals surface area contributed by atoms with Gasteiger partial charge >= 0.3 is 0 Å². The molecule has 3 aromatic rings. The Balaban J connectivity index is 1.97. The fraction of sp³-hybridized carbons (Fsp3) is 0.0588. The molecular weight excluding hydrogens is 354 g/mol. The maximum absolute atomic E-state index is 9.64. The molecule has 1 aliphatic heterocycles. The monoisotopic (exact) mass is 365 g/mol. The third-order valence-corrected chi connectivity index (χ3v) is 4.70. The summed E-state index contributed by atoms with van der Waals surface area (Å²) in [4.78, 5) is 4.59. The summed E-state index contributed by atoms with van der Waals surface area (Å²) < 4.78 is 2.71. The molecule has 0 saturated carbocycles. The number of fused-ring (bicyclic) bond motifs is 3. The number of imidazole rings is 1. The number of para-hydroxylation sites is 2. The SMILES string of the molecule is N#CC1=C(N)n2c(nc3ccccc32)NC1c1ccccc1Br. The quantitative estimate of drug-likeness (QED) is 0.690. The molecule has 5 nitrogen and oxygen atoms in total. The van der Waals surface area contributed by atoms with Crippen molar-refractivity contribution >= 4 is 38.7 Å². The fourth-order valence-electron chi connectivity index (χ4n) is 2.90. The number of benzene rings is 2. The molecule has 6 heteroatoms. The molecule has 0 aliphatic carbocycles. The van der Waals surface area contributed by atoms with Crippen LogP contribution in [-0.4, -0.2) is 9.55 Å². The third-order valence-electron chi connectivity index (χ3n) is 3.98. The minimum atomic E-state index is -0.333. The number of hydrogen-bond acceptors (Lipinski definition) is 4. The first-order chi connectivity index (χ1) is 11.2. The molecule has 1 atom stereocenters. The standard InChI is InChI=1S/C17H12BrN5/c18-12-6-2-1-5-10(12)15-11(9-19)16(20)23-14-8-4-3-7-13(14)21-17(23)22-15/h1-8,15H,20H2,(H,21,22). The van der Waals surface area contributed by atoms with Crippen molar-refractivity contribution in [2.24, 2.45) is 5.73 Å². The molecular formula is C17H12BrN5. The molecule has 0 spiro atoms. The van der Waals surface area contributed by atoms with E-state index in [-0.39, 0.29) is 6.04 Å². The Kier molecular flexibility index (Phi) is 3.10. The topological polar surface area (TPSA) is 79.7 Å². The average molecular weight is 366 g/mol. The van der Waals surface area contributed by atoms with Crippen molar-refractivity contribution in [2.45, 2.75) is 6.04 Å². The number of anilines is 1. The molecule has 1 aliphatic rings. The van der Waals surface area contributed by atoms with Crippen molar-refractivity contribution < 1.29 is 0 Å². The summed E-state index contributed by atoms with van der Waals surface area (Å²) >= 11 is 3.54. The van der Waals surface area contributed by atoms with Gasteiger partial charge in [0.05, 0.1) is 22.6 Å². The highest BCUT2D eigenvalue weighted by Crippen LogP contribution is 2.38. The lowest BCUT2D eigenvalue weighted by Crippen LogP contribution is -2.26. The lowest BCUT2D eigenvalue weighted by Gasteiger charge is -2.27. The molecule has 112 valence electrons. The Morgan fingerprint density at radius 1 is 1.17 bits per heavy atom. The predicted octanol–water partition coefficient (Wildman–Crippen LogP) is 3.62. The predicted molar refractivity (Wildman–Crippen MR) is 93.3 cm³/mol. The van der Waals surface area contributed by atoms with Gasteiger partial charge in [-0.05, 0) is 23.8 Å². The molecule has 4 rings (SSSR count). The molecule has 2 aromatic carbocycles. The average Bonchev–Trinajstić information content (AvgIpc) is 2.93. The summed E-state index contributed by atoms with van der Waals surface area (Å²) in [5.41, 5.74) is 9.46. The number of aromatic nitrogens is 2. The molecule has 0 saturated heterocycles. The van der Waals surface area contributed by atoms with Gasteiger partial charge in [-0.25, -0.2) is 4.98 Å². The Bertz CT molecular complexity index is 996. The van der Waals surface area contributed by atoms with Crippen molar-refractivity contribution in [1.29, 1.82) is 5.26 Å². The van der Waals surface area contributed by atoms with Crippen LogP contribution in [0, 0.1) is 11.3 Å². The fourth-order valence-corrected chi connectivity index (χ4v) is 3.41. The van der Waals surface area contributed by atoms with Crippen molar-refractivity contribution in [3.8, 4) is 6.07 Å². The Labute approximate surface area is 141 Å². The normalized spacial score (nSPS) is 16.8. The Morgan fingerprint density at radius 3 is 2.70 bits per heavy atom. The van der Waals surface area contributed by atoms with Gasteiger partial charge in [0, 0.05) is 4.47 Å². The van der Waals surface area contributed by atoms with E-state index in [4.69, 9.17) is 5.73 Å². The summed E-state index contributed by atoms with van der Waals surface area (Å²) in [5, 5.41) is 13.0. The second kappa shape index (κ2) is 5.14. The summed E-state index contributed by atoms with van der Waals surface area (Å²) in [6.45, 7) is 0. The van der Waals surface area contributed by atoms with Crippen LogP contribution in [0.25, 0.3) is 16.9 Å². The van der Waals surface area contributed by atoms with E-state index < -0.39 is 0 Å². The number of nitrogens with one attached hydrogen (secondary N) is 1. The van der Waals surface area contributed by atoms with Gasteiger partial charge in [-0.1, -0.05) is 46.3 Å². The van der Waals surface area contributed by atoms with Crippen LogP contribution in [-0.2, 0) is 0 Å². The van der Waals surface area contributed by atoms with Gasteiger partial charge in [0.2, 0.25) is 5.95 Å². The van der Waals surface area contributed by atoms with E-state index in [2.05, 4.69) is 32.3 Å². The van der Waals surface area contributed by atoms with Crippen molar-refractivity contribution in [2.75, 3.05) is 5.32 Å². The summed E-state index contributed by atoms with van der Waals surface area (Å²) in [5.74, 6) is 1.05. The minimum absolute atomic E-state index is 0.333. The van der Waals surface area contributed by atoms with Crippen LogP contribution in [0.5, 0.6) is 0 Å². The van der Waals surface area contributed by atoms with Crippen LogP contribution in [0.15, 0.2) is 58.6 Å². The molecule has 1 aromatic heterocycles. The number of halogens is 1. The molecule has 0 bridgehead atoms. The first-order valence-corrected chi connectivity index (χ1v) is 7.88. The maximum atomic E-state index is 9.64. The van der Waals surface area contributed by atoms with Crippen molar-refractivity contribution in [3.05, 3.63) is 64.1 Å². The third kappa shape index (κ3) is 2.01. The second-order valence-electron chi connectivity index (χ2n) is 5.27. The molecule has 2 heterocycles. The number of nitrogens with zero attached hydrogens (tertiary/aromatic N) is 3. The molecule has 0 fully saturated rings. The van der Waals surface area contributed by atoms with Crippen molar-refractivity contribution in [3.63, 3.8) is 0 Å². The zero-order chi connectivity index (χ0) is 16.0. The molecule has 1 unspecified atom stereocenters. The van der Waals surface area contributed by atoms with Gasteiger partial charge in [-0.3, -0.25) is 4.57 Å². The van der Waals surface area contributed by atoms with Gasteiger partial charge in [-0.15, -0.1) is 0 Å². The van der Waals surface area contributed by atoms with Gasteiger partial charge in [-0.2, -0.15) is 5.26 Å². The molecule has 0 amide bonds. The zero-order valence-electron chi connectivity index (χ0n) is 12.0. The first-order valence-electron chi connectivity index (χ1n) is 7.09. The Hall–Kier alpha value is -2.78. The van der Waals surface area contributed by atoms with Crippen molar-refractivity contribution in [1.82, 2.24) is 9.55 Å². The van der Waals surface area contributed by atoms with E-state index in [0.717, 1.165) is 21.1 Å². The summed E-state index contributed by atoms with van der Waals surface area (Å²) in [6.07, 6.45) is 0. The van der Waals surface area contributed by atoms with Crippen LogP contribution in [0.1, 0.15) is 11.6 Å². The first kappa shape index (κ1) is 13.9. The van der Waals surface area contributed by atoms with Crippen LogP contribution in [0.2, 0.25) is 0 Å². The van der Waals surface area contributed by atoms with Gasteiger partial charge in [0.25, 0.3) is 0 Å². The van der Waals surface area contributed by atoms with Gasteiger partial charge in [0.1, 0.15) is 11.9 Å². The van der Waals surface area contributed by atoms with E-state index >= 15 is 0 Å². The van der Waals surface area contributed by atoms with E-state index in [9.17, 15) is 5.26 Å². The smallest absolute Gasteiger partial charge is 0.210 e. The molecule has 3 N–H and O–H groups in total. The largest absolute Gasteiger partial charge is 0.384 e. The van der Waals surface area contributed by atoms with Gasteiger partial charge < -0.3 is 11.1 Å². The highest BCUT2D eigenvalue weighted by atomic mass is 79.9. The van der Waals surface area contributed by atoms with Gasteiger partial charge in [0.15, 0.2) is 0 Å². The number of nitriles is 1. The lowest BCUT2D eigenvalue weighted by atomic mass is 9.98. The van der Waals surface area contributed by atoms with Crippen LogP contribution in [0.3, 0.4) is 0 Å². The van der Waals surface area contributed by atoms with E-state index in [0.29, 0.717) is 17.3 Å². The number of nitrogens with two attached hydrogens (primary N) is 1. The molecule has 23 heavy (non-hydrogen) atoms. The molecule has 0 radical (unpaired) electrons. The number of rotatable bonds is 1. The van der Waals surface area contributed by atoms with Crippen LogP contribution >= 0.6 is 15.9 Å². The Morgan fingerprint density at radius 2 is 1.91 bits per heavy atom. The van der Waals surface area contributed by atoms with E-state index in [1.807, 2.05) is 48.5 Å². The maximum Gasteiger partial charge on any atom is 0.210 e. The van der Waals surface area contributed by atoms with E-state index in [1.54, 1.807) is 4.57 Å². The summed E-state index contributed by atoms with van der Waals surface area (Å²) in [6, 6.07) is 17.4. The lowest BCUT2D eigenvalue weighted by molar-refractivity contribution is 0.853. The van der Waals surface area contributed by atoms with Crippen LogP contribution < -0.4 is 11.1 Å². The van der Waals surface area contributed by atoms with Crippen LogP contribution in [0.4, 0.5) is 5.95 Å². The zero-order valence-corrected chi connectivity index (χ0v) is 13.6. The second-order valence-corrected chi connectivity index (χ2v) is 6.12. The number of hydrogen-bond donors (Lipinski definition) is 2. The summed E-state index contributed by atoms with van der Waals surface area (Å²) in [7, 11) is 0.